The number of hydrogen-bond donors (Lipinski definition) is 1. The highest BCUT2D eigenvalue weighted by atomic mass is 35.5. The first-order chi connectivity index (χ1) is 12.1. The van der Waals surface area contributed by atoms with Gasteiger partial charge in [0.1, 0.15) is 6.33 Å². The van der Waals surface area contributed by atoms with E-state index >= 15 is 0 Å². The molecule has 1 N–H and O–H groups in total. The average Bonchev–Trinajstić information content (AvgIpc) is 2.95. The number of hydrogen-bond acceptors (Lipinski definition) is 3. The zero-order valence-corrected chi connectivity index (χ0v) is 13.6. The van der Waals surface area contributed by atoms with Crippen molar-refractivity contribution in [2.75, 3.05) is 4.90 Å². The summed E-state index contributed by atoms with van der Waals surface area (Å²) in [5.74, 6) is -1.42. The zero-order chi connectivity index (χ0) is 17.6. The largest absolute Gasteiger partial charge is 0.476 e. The fraction of sp³-hybridized carbons (Fsp3) is 0.0556. The Labute approximate surface area is 147 Å². The van der Waals surface area contributed by atoms with Crippen molar-refractivity contribution in [3.63, 3.8) is 0 Å². The van der Waals surface area contributed by atoms with Gasteiger partial charge in [-0.05, 0) is 30.3 Å². The molecule has 0 atom stereocenters. The van der Waals surface area contributed by atoms with Gasteiger partial charge in [-0.1, -0.05) is 29.8 Å². The Balaban J connectivity index is 2.00. The van der Waals surface area contributed by atoms with Crippen molar-refractivity contribution in [2.45, 2.75) is 6.42 Å². The number of carboxylic acid groups (broad SMARTS) is 1. The maximum absolute atomic E-state index is 13.0. The SMILES string of the molecule is O=C(O)c1ncn2c1CC(=O)N(c1ccccc1)c1cc(Cl)ccc1-2. The van der Waals surface area contributed by atoms with Crippen LogP contribution in [-0.4, -0.2) is 26.5 Å². The van der Waals surface area contributed by atoms with Gasteiger partial charge in [-0.3, -0.25) is 14.3 Å². The number of imidazole rings is 1. The highest BCUT2D eigenvalue weighted by Crippen LogP contribution is 2.37. The Morgan fingerprint density at radius 3 is 2.60 bits per heavy atom. The van der Waals surface area contributed by atoms with Crippen LogP contribution in [0.3, 0.4) is 0 Å². The minimum atomic E-state index is -1.16. The number of nitrogens with zero attached hydrogens (tertiary/aromatic N) is 3. The minimum absolute atomic E-state index is 0.0805. The van der Waals surface area contributed by atoms with Crippen LogP contribution in [0.1, 0.15) is 16.2 Å². The molecule has 3 aromatic rings. The van der Waals surface area contributed by atoms with Crippen molar-refractivity contribution in [1.82, 2.24) is 9.55 Å². The molecule has 0 saturated heterocycles. The van der Waals surface area contributed by atoms with Crippen molar-refractivity contribution in [1.29, 1.82) is 0 Å². The van der Waals surface area contributed by atoms with Gasteiger partial charge in [-0.2, -0.15) is 0 Å². The maximum atomic E-state index is 13.0. The maximum Gasteiger partial charge on any atom is 0.356 e. The smallest absolute Gasteiger partial charge is 0.356 e. The van der Waals surface area contributed by atoms with Crippen molar-refractivity contribution in [3.05, 3.63) is 71.3 Å². The average molecular weight is 354 g/mol. The number of para-hydroxylation sites is 1. The van der Waals surface area contributed by atoms with Crippen LogP contribution in [0.2, 0.25) is 5.02 Å². The third-order valence-corrected chi connectivity index (χ3v) is 4.32. The molecule has 7 heteroatoms. The number of aromatic nitrogens is 2. The van der Waals surface area contributed by atoms with E-state index < -0.39 is 5.97 Å². The standard InChI is InChI=1S/C18H12ClN3O3/c19-11-6-7-13-14(8-11)22(12-4-2-1-3-5-12)16(23)9-15-17(18(24)25)20-10-21(13)15/h1-8,10H,9H2,(H,24,25). The summed E-state index contributed by atoms with van der Waals surface area (Å²) in [4.78, 5) is 29.9. The number of carbonyl (C=O) groups is 2. The minimum Gasteiger partial charge on any atom is -0.476 e. The van der Waals surface area contributed by atoms with Crippen molar-refractivity contribution in [2.24, 2.45) is 0 Å². The van der Waals surface area contributed by atoms with Crippen molar-refractivity contribution in [3.8, 4) is 5.69 Å². The lowest BCUT2D eigenvalue weighted by Gasteiger charge is -2.23. The predicted octanol–water partition coefficient (Wildman–Crippen LogP) is 3.44. The number of anilines is 2. The van der Waals surface area contributed by atoms with Crippen LogP contribution < -0.4 is 4.90 Å². The summed E-state index contributed by atoms with van der Waals surface area (Å²) in [5, 5.41) is 9.84. The van der Waals surface area contributed by atoms with Crippen LogP contribution in [0, 0.1) is 0 Å². The lowest BCUT2D eigenvalue weighted by molar-refractivity contribution is -0.117. The molecular formula is C18H12ClN3O3. The van der Waals surface area contributed by atoms with Gasteiger partial charge in [0.05, 0.1) is 23.5 Å². The molecule has 0 spiro atoms. The van der Waals surface area contributed by atoms with Crippen LogP contribution in [0.5, 0.6) is 0 Å². The molecule has 6 nitrogen and oxygen atoms in total. The van der Waals surface area contributed by atoms with E-state index in [9.17, 15) is 14.7 Å². The number of benzene rings is 2. The molecule has 1 aromatic heterocycles. The number of aromatic carboxylic acids is 1. The van der Waals surface area contributed by atoms with Gasteiger partial charge in [0.2, 0.25) is 5.91 Å². The molecule has 0 radical (unpaired) electrons. The Morgan fingerprint density at radius 1 is 1.12 bits per heavy atom. The van der Waals surface area contributed by atoms with Gasteiger partial charge in [0, 0.05) is 10.7 Å². The molecule has 0 saturated carbocycles. The molecule has 0 bridgehead atoms. The van der Waals surface area contributed by atoms with Gasteiger partial charge < -0.3 is 5.11 Å². The summed E-state index contributed by atoms with van der Waals surface area (Å²) >= 11 is 6.16. The van der Waals surface area contributed by atoms with E-state index in [1.54, 1.807) is 27.7 Å². The number of rotatable bonds is 2. The molecule has 2 aromatic carbocycles. The highest BCUT2D eigenvalue weighted by Gasteiger charge is 2.31. The lowest BCUT2D eigenvalue weighted by atomic mass is 10.2. The highest BCUT2D eigenvalue weighted by molar-refractivity contribution is 6.31. The van der Waals surface area contributed by atoms with Gasteiger partial charge >= 0.3 is 5.97 Å². The van der Waals surface area contributed by atoms with Crippen molar-refractivity contribution < 1.29 is 14.7 Å². The molecule has 0 unspecified atom stereocenters. The van der Waals surface area contributed by atoms with Gasteiger partial charge in [-0.15, -0.1) is 0 Å². The van der Waals surface area contributed by atoms with E-state index in [0.29, 0.717) is 27.8 Å². The topological polar surface area (TPSA) is 75.4 Å². The zero-order valence-electron chi connectivity index (χ0n) is 12.9. The summed E-state index contributed by atoms with van der Waals surface area (Å²) in [6.45, 7) is 0. The second-order valence-electron chi connectivity index (χ2n) is 5.59. The summed E-state index contributed by atoms with van der Waals surface area (Å²) in [6, 6.07) is 14.3. The summed E-state index contributed by atoms with van der Waals surface area (Å²) < 4.78 is 1.63. The molecule has 0 aliphatic carbocycles. The fourth-order valence-electron chi connectivity index (χ4n) is 3.03. The van der Waals surface area contributed by atoms with Crippen LogP contribution >= 0.6 is 11.6 Å². The first-order valence-corrected chi connectivity index (χ1v) is 7.91. The van der Waals surface area contributed by atoms with E-state index in [1.165, 1.54) is 6.33 Å². The molecule has 4 rings (SSSR count). The van der Waals surface area contributed by atoms with E-state index in [0.717, 1.165) is 0 Å². The van der Waals surface area contributed by atoms with Crippen LogP contribution in [0.25, 0.3) is 5.69 Å². The summed E-state index contributed by atoms with van der Waals surface area (Å²) in [6.07, 6.45) is 1.34. The molecule has 2 heterocycles. The monoisotopic (exact) mass is 353 g/mol. The van der Waals surface area contributed by atoms with Crippen LogP contribution in [-0.2, 0) is 11.2 Å². The Hall–Kier alpha value is -3.12. The first-order valence-electron chi connectivity index (χ1n) is 7.53. The lowest BCUT2D eigenvalue weighted by Crippen LogP contribution is -2.27. The van der Waals surface area contributed by atoms with Gasteiger partial charge in [0.25, 0.3) is 0 Å². The van der Waals surface area contributed by atoms with Crippen LogP contribution in [0.15, 0.2) is 54.9 Å². The number of fused-ring (bicyclic) bond motifs is 3. The quantitative estimate of drug-likeness (QED) is 0.765. The van der Waals surface area contributed by atoms with Crippen molar-refractivity contribution >= 4 is 34.9 Å². The Morgan fingerprint density at radius 2 is 1.88 bits per heavy atom. The van der Waals surface area contributed by atoms with Crippen LogP contribution in [0.4, 0.5) is 11.4 Å². The number of halogens is 1. The number of carbonyl (C=O) groups excluding carboxylic acids is 1. The second-order valence-corrected chi connectivity index (χ2v) is 6.03. The van der Waals surface area contributed by atoms with E-state index in [2.05, 4.69) is 4.98 Å². The molecule has 0 fully saturated rings. The third kappa shape index (κ3) is 2.47. The molecule has 1 amide bonds. The predicted molar refractivity (Wildman–Crippen MR) is 92.8 cm³/mol. The molecule has 1 aliphatic heterocycles. The Bertz CT molecular complexity index is 998. The van der Waals surface area contributed by atoms with E-state index in [1.807, 2.05) is 30.3 Å². The molecular weight excluding hydrogens is 342 g/mol. The number of carboxylic acids is 1. The van der Waals surface area contributed by atoms with Gasteiger partial charge in [0.15, 0.2) is 5.69 Å². The normalized spacial score (nSPS) is 13.2. The molecule has 25 heavy (non-hydrogen) atoms. The molecule has 1 aliphatic rings. The number of amides is 1. The summed E-state index contributed by atoms with van der Waals surface area (Å²) in [5.41, 5.74) is 2.14. The van der Waals surface area contributed by atoms with E-state index in [4.69, 9.17) is 11.6 Å². The Kier molecular flexibility index (Phi) is 3.54. The molecule has 124 valence electrons. The fourth-order valence-corrected chi connectivity index (χ4v) is 3.19. The first kappa shape index (κ1) is 15.4. The van der Waals surface area contributed by atoms with E-state index in [-0.39, 0.29) is 18.0 Å². The third-order valence-electron chi connectivity index (χ3n) is 4.09. The van der Waals surface area contributed by atoms with Gasteiger partial charge in [-0.25, -0.2) is 9.78 Å². The summed E-state index contributed by atoms with van der Waals surface area (Å²) in [7, 11) is 0. The second kappa shape index (κ2) is 5.75.